The van der Waals surface area contributed by atoms with Crippen LogP contribution in [0.2, 0.25) is 0 Å². The third kappa shape index (κ3) is 7.24. The van der Waals surface area contributed by atoms with Crippen molar-refractivity contribution < 1.29 is 24.6 Å². The number of carbonyl (C=O) groups excluding carboxylic acids is 2. The number of hydrogen-bond acceptors (Lipinski definition) is 5. The predicted octanol–water partition coefficient (Wildman–Crippen LogP) is -0.740. The smallest absolute Gasteiger partial charge is 0.327 e. The summed E-state index contributed by atoms with van der Waals surface area (Å²) in [6.45, 7) is 0.754. The van der Waals surface area contributed by atoms with Crippen LogP contribution in [0.15, 0.2) is 0 Å². The quantitative estimate of drug-likeness (QED) is 0.489. The molecule has 7 heteroatoms. The zero-order valence-corrected chi connectivity index (χ0v) is 9.75. The summed E-state index contributed by atoms with van der Waals surface area (Å²) in [5, 5.41) is 19.5. The third-order valence-corrected chi connectivity index (χ3v) is 2.72. The van der Waals surface area contributed by atoms with Gasteiger partial charge in [-0.1, -0.05) is 0 Å². The van der Waals surface area contributed by atoms with Gasteiger partial charge in [0.2, 0.25) is 5.91 Å². The Balaban J connectivity index is 3.81. The number of nitrogens with one attached hydrogen (secondary N) is 1. The second-order valence-corrected chi connectivity index (χ2v) is 4.26. The summed E-state index contributed by atoms with van der Waals surface area (Å²) >= 11 is 1.25. The number of thioether (sulfide) groups is 1. The monoisotopic (exact) mass is 249 g/mol. The number of aliphatic carboxylic acids is 1. The molecule has 0 heterocycles. The van der Waals surface area contributed by atoms with E-state index in [-0.39, 0.29) is 18.0 Å². The van der Waals surface area contributed by atoms with Crippen molar-refractivity contribution in [1.82, 2.24) is 5.32 Å². The fourth-order valence-electron chi connectivity index (χ4n) is 0.886. The molecule has 0 saturated carbocycles. The molecule has 0 fully saturated rings. The molecule has 0 bridgehead atoms. The molecule has 0 aromatic heterocycles. The summed E-state index contributed by atoms with van der Waals surface area (Å²) in [4.78, 5) is 32.1. The number of ketones is 1. The van der Waals surface area contributed by atoms with Crippen molar-refractivity contribution in [3.05, 3.63) is 0 Å². The zero-order chi connectivity index (χ0) is 12.6. The van der Waals surface area contributed by atoms with E-state index in [9.17, 15) is 14.4 Å². The number of hydrogen-bond donors (Lipinski definition) is 3. The van der Waals surface area contributed by atoms with E-state index in [4.69, 9.17) is 10.2 Å². The summed E-state index contributed by atoms with van der Waals surface area (Å²) in [6.07, 6.45) is 0.202. The first-order chi connectivity index (χ1) is 7.47. The van der Waals surface area contributed by atoms with Gasteiger partial charge in [-0.2, -0.15) is 11.8 Å². The predicted molar refractivity (Wildman–Crippen MR) is 59.3 cm³/mol. The van der Waals surface area contributed by atoms with Crippen molar-refractivity contribution in [2.45, 2.75) is 19.4 Å². The van der Waals surface area contributed by atoms with Crippen LogP contribution in [0.25, 0.3) is 0 Å². The van der Waals surface area contributed by atoms with Crippen LogP contribution in [0, 0.1) is 0 Å². The molecule has 0 aliphatic rings. The average Bonchev–Trinajstić information content (AvgIpc) is 2.21. The minimum atomic E-state index is -1.10. The maximum atomic E-state index is 10.7. The number of amides is 1. The molecule has 0 aliphatic heterocycles. The lowest BCUT2D eigenvalue weighted by Crippen LogP contribution is -2.41. The van der Waals surface area contributed by atoms with Crippen LogP contribution in [0.3, 0.4) is 0 Å². The van der Waals surface area contributed by atoms with Gasteiger partial charge in [-0.25, -0.2) is 4.79 Å². The van der Waals surface area contributed by atoms with Gasteiger partial charge in [0.15, 0.2) is 5.78 Å². The number of aliphatic hydroxyl groups excluding tert-OH is 1. The van der Waals surface area contributed by atoms with Crippen molar-refractivity contribution in [3.63, 3.8) is 0 Å². The van der Waals surface area contributed by atoms with E-state index >= 15 is 0 Å². The molecule has 0 radical (unpaired) electrons. The summed E-state index contributed by atoms with van der Waals surface area (Å²) in [5.41, 5.74) is 0. The van der Waals surface area contributed by atoms with Crippen LogP contribution in [0.5, 0.6) is 0 Å². The fourth-order valence-corrected chi connectivity index (χ4v) is 1.89. The van der Waals surface area contributed by atoms with Crippen LogP contribution in [-0.4, -0.2) is 52.0 Å². The number of carboxylic acids is 1. The standard InChI is InChI=1S/C9H15NO5S/c1-6(12)10-8(9(14)15)5-16-3-2-7(13)4-11/h8,11H,2-5H2,1H3,(H,10,12)(H,14,15). The maximum Gasteiger partial charge on any atom is 0.327 e. The highest BCUT2D eigenvalue weighted by atomic mass is 32.2. The number of carboxylic acid groups (broad SMARTS) is 1. The van der Waals surface area contributed by atoms with Crippen molar-refractivity contribution in [2.75, 3.05) is 18.1 Å². The van der Waals surface area contributed by atoms with E-state index in [1.54, 1.807) is 0 Å². The van der Waals surface area contributed by atoms with Gasteiger partial charge >= 0.3 is 5.97 Å². The summed E-state index contributed by atoms with van der Waals surface area (Å²) < 4.78 is 0. The van der Waals surface area contributed by atoms with Crippen molar-refractivity contribution in [2.24, 2.45) is 0 Å². The number of aliphatic hydroxyl groups is 1. The molecule has 0 aromatic rings. The Kier molecular flexibility index (Phi) is 7.57. The largest absolute Gasteiger partial charge is 0.480 e. The van der Waals surface area contributed by atoms with E-state index in [2.05, 4.69) is 5.32 Å². The molecular weight excluding hydrogens is 234 g/mol. The molecule has 1 amide bonds. The second kappa shape index (κ2) is 8.12. The Morgan fingerprint density at radius 2 is 2.00 bits per heavy atom. The van der Waals surface area contributed by atoms with Gasteiger partial charge in [-0.3, -0.25) is 9.59 Å². The molecule has 92 valence electrons. The van der Waals surface area contributed by atoms with Gasteiger partial charge in [0.05, 0.1) is 0 Å². The molecule has 1 atom stereocenters. The van der Waals surface area contributed by atoms with E-state index < -0.39 is 24.5 Å². The van der Waals surface area contributed by atoms with Crippen LogP contribution >= 0.6 is 11.8 Å². The molecule has 6 nitrogen and oxygen atoms in total. The van der Waals surface area contributed by atoms with E-state index in [0.29, 0.717) is 5.75 Å². The molecule has 0 aliphatic carbocycles. The highest BCUT2D eigenvalue weighted by Crippen LogP contribution is 2.05. The topological polar surface area (TPSA) is 104 Å². The van der Waals surface area contributed by atoms with Crippen LogP contribution in [0.4, 0.5) is 0 Å². The molecule has 16 heavy (non-hydrogen) atoms. The van der Waals surface area contributed by atoms with Crippen molar-refractivity contribution in [3.8, 4) is 0 Å². The number of carbonyl (C=O) groups is 3. The molecule has 0 saturated heterocycles. The van der Waals surface area contributed by atoms with E-state index in [1.165, 1.54) is 18.7 Å². The Labute approximate surface area is 97.4 Å². The van der Waals surface area contributed by atoms with E-state index in [0.717, 1.165) is 0 Å². The van der Waals surface area contributed by atoms with Crippen LogP contribution < -0.4 is 5.32 Å². The first-order valence-corrected chi connectivity index (χ1v) is 5.83. The van der Waals surface area contributed by atoms with Gasteiger partial charge < -0.3 is 15.5 Å². The lowest BCUT2D eigenvalue weighted by Gasteiger charge is -2.12. The van der Waals surface area contributed by atoms with Gasteiger partial charge in [0.1, 0.15) is 12.6 Å². The van der Waals surface area contributed by atoms with Gasteiger partial charge in [0.25, 0.3) is 0 Å². The number of Topliss-reactive ketones (excluding diaryl/α,β-unsaturated/α-hetero) is 1. The van der Waals surface area contributed by atoms with Crippen molar-refractivity contribution in [1.29, 1.82) is 0 Å². The molecule has 0 aromatic carbocycles. The van der Waals surface area contributed by atoms with Gasteiger partial charge in [-0.05, 0) is 0 Å². The minimum absolute atomic E-state index is 0.202. The van der Waals surface area contributed by atoms with Crippen LogP contribution in [0.1, 0.15) is 13.3 Å². The van der Waals surface area contributed by atoms with Gasteiger partial charge in [-0.15, -0.1) is 0 Å². The highest BCUT2D eigenvalue weighted by Gasteiger charge is 2.17. The SMILES string of the molecule is CC(=O)NC(CSCCC(=O)CO)C(=O)O. The summed E-state index contributed by atoms with van der Waals surface area (Å²) in [5.74, 6) is -1.15. The number of rotatable bonds is 8. The fraction of sp³-hybridized carbons (Fsp3) is 0.667. The van der Waals surface area contributed by atoms with Crippen LogP contribution in [-0.2, 0) is 14.4 Å². The normalized spacial score (nSPS) is 11.9. The van der Waals surface area contributed by atoms with Crippen molar-refractivity contribution >= 4 is 29.4 Å². The Bertz CT molecular complexity index is 269. The van der Waals surface area contributed by atoms with E-state index in [1.807, 2.05) is 0 Å². The lowest BCUT2D eigenvalue weighted by atomic mass is 10.3. The minimum Gasteiger partial charge on any atom is -0.480 e. The molecule has 1 unspecified atom stereocenters. The molecule has 3 N–H and O–H groups in total. The molecule has 0 spiro atoms. The third-order valence-electron chi connectivity index (χ3n) is 1.66. The Hall–Kier alpha value is -1.08. The highest BCUT2D eigenvalue weighted by molar-refractivity contribution is 7.99. The Morgan fingerprint density at radius 1 is 1.38 bits per heavy atom. The molecule has 0 rings (SSSR count). The average molecular weight is 249 g/mol. The first-order valence-electron chi connectivity index (χ1n) is 4.67. The Morgan fingerprint density at radius 3 is 2.44 bits per heavy atom. The zero-order valence-electron chi connectivity index (χ0n) is 8.93. The first kappa shape index (κ1) is 14.9. The molecular formula is C9H15NO5S. The summed E-state index contributed by atoms with van der Waals surface area (Å²) in [6, 6.07) is -0.938. The second-order valence-electron chi connectivity index (χ2n) is 3.11. The van der Waals surface area contributed by atoms with Gasteiger partial charge in [0, 0.05) is 24.9 Å². The maximum absolute atomic E-state index is 10.7. The summed E-state index contributed by atoms with van der Waals surface area (Å²) in [7, 11) is 0. The lowest BCUT2D eigenvalue weighted by molar-refractivity contribution is -0.140.